The van der Waals surface area contributed by atoms with Crippen LogP contribution in [0.1, 0.15) is 16.6 Å². The quantitative estimate of drug-likeness (QED) is 0.0671. The van der Waals surface area contributed by atoms with Crippen molar-refractivity contribution in [2.45, 2.75) is 61.8 Å². The third kappa shape index (κ3) is 9.51. The van der Waals surface area contributed by atoms with Gasteiger partial charge in [0.2, 0.25) is 0 Å². The molecule has 2 saturated heterocycles. The van der Waals surface area contributed by atoms with Crippen LogP contribution in [0.5, 0.6) is 0 Å². The maximum atomic E-state index is 13.1. The second-order valence-corrected chi connectivity index (χ2v) is 15.0. The number of rotatable bonds is 14. The van der Waals surface area contributed by atoms with E-state index in [2.05, 4.69) is 17.7 Å². The number of aliphatic hydroxyl groups is 6. The van der Waals surface area contributed by atoms with E-state index in [1.807, 2.05) is 0 Å². The number of ether oxygens (including phenoxy) is 2. The molecule has 0 radical (unpaired) electrons. The van der Waals surface area contributed by atoms with Crippen LogP contribution in [0.2, 0.25) is 0 Å². The van der Waals surface area contributed by atoms with Gasteiger partial charge in [0.05, 0.1) is 19.8 Å². The largest absolute Gasteiger partial charge is 0.490 e. The molecule has 2 fully saturated rings. The van der Waals surface area contributed by atoms with Crippen LogP contribution >= 0.6 is 23.5 Å². The summed E-state index contributed by atoms with van der Waals surface area (Å²) in [5, 5.41) is 59.5. The first-order chi connectivity index (χ1) is 22.8. The molecule has 2 aliphatic rings. The van der Waals surface area contributed by atoms with Crippen LogP contribution in [-0.4, -0.2) is 122 Å². The van der Waals surface area contributed by atoms with Crippen molar-refractivity contribution in [2.24, 2.45) is 0 Å². The lowest BCUT2D eigenvalue weighted by Crippen LogP contribution is -2.58. The van der Waals surface area contributed by atoms with E-state index in [1.165, 1.54) is 12.1 Å². The monoisotopic (exact) mass is 764 g/mol. The minimum Gasteiger partial charge on any atom is -0.394 e. The lowest BCUT2D eigenvalue weighted by Gasteiger charge is -2.39. The zero-order valence-corrected chi connectivity index (χ0v) is 27.2. The standard InChI is InChI=1S/C23H31N2O21P3/c26-9-13-16(29)18(31)20(33)22(43-13)44-48(37,38)46-49(39,40)45-47(35,36)41-10-14-17(30)19(32)21(42-14)24-7-6-15(28)25(23(24)34)8-12(27)11-4-2-1-3-5-11/h1-7,13-14,16-22,26,29-33H,8-10H2,(H,35,36)(H,37,38)(H,39,40)/t13-,14-,16-,17-,18+,19-,20-,21-,22-/m1/s1. The van der Waals surface area contributed by atoms with E-state index < -0.39 is 116 Å². The van der Waals surface area contributed by atoms with Gasteiger partial charge in [-0.3, -0.25) is 27.8 Å². The second kappa shape index (κ2) is 15.5. The van der Waals surface area contributed by atoms with Gasteiger partial charge in [0, 0.05) is 17.8 Å². The summed E-state index contributed by atoms with van der Waals surface area (Å²) in [5.41, 5.74) is -1.85. The minimum absolute atomic E-state index is 0.186. The molecule has 1 aromatic heterocycles. The molecular weight excluding hydrogens is 733 g/mol. The highest BCUT2D eigenvalue weighted by molar-refractivity contribution is 7.66. The van der Waals surface area contributed by atoms with E-state index in [1.54, 1.807) is 18.2 Å². The summed E-state index contributed by atoms with van der Waals surface area (Å²) in [6.07, 6.45) is -16.8. The van der Waals surface area contributed by atoms with Crippen molar-refractivity contribution in [2.75, 3.05) is 13.2 Å². The average molecular weight is 764 g/mol. The van der Waals surface area contributed by atoms with Gasteiger partial charge >= 0.3 is 29.2 Å². The van der Waals surface area contributed by atoms with Crippen LogP contribution in [0.15, 0.2) is 52.2 Å². The van der Waals surface area contributed by atoms with Crippen molar-refractivity contribution in [1.29, 1.82) is 0 Å². The third-order valence-corrected chi connectivity index (χ3v) is 11.3. The van der Waals surface area contributed by atoms with E-state index in [0.29, 0.717) is 9.13 Å². The molecule has 0 saturated carbocycles. The molecule has 1 aromatic carbocycles. The van der Waals surface area contributed by atoms with Crippen LogP contribution in [0.4, 0.5) is 0 Å². The number of carbonyl (C=O) groups excluding carboxylic acids is 1. The van der Waals surface area contributed by atoms with E-state index in [0.717, 1.165) is 12.3 Å². The molecule has 0 bridgehead atoms. The molecule has 0 aliphatic carbocycles. The summed E-state index contributed by atoms with van der Waals surface area (Å²) in [6.45, 7) is -2.89. The average Bonchev–Trinajstić information content (AvgIpc) is 3.30. The van der Waals surface area contributed by atoms with Crippen molar-refractivity contribution in [3.63, 3.8) is 0 Å². The summed E-state index contributed by atoms with van der Waals surface area (Å²) < 4.78 is 64.9. The van der Waals surface area contributed by atoms with E-state index >= 15 is 0 Å². The maximum Gasteiger partial charge on any atom is 0.490 e. The van der Waals surface area contributed by atoms with Crippen molar-refractivity contribution < 1.29 is 91.0 Å². The zero-order chi connectivity index (χ0) is 36.5. The summed E-state index contributed by atoms with van der Waals surface area (Å²) >= 11 is 0. The summed E-state index contributed by atoms with van der Waals surface area (Å²) in [6, 6.07) is 8.52. The SMILES string of the molecule is O=C(Cn1c(=O)ccn([C@@H]2O[C@H](COP(=O)(O)OP(=O)(O)OP(=O)(O)O[C@H]3O[C@H](CO)[C@@H](O)[C@H](O)[C@H]3O)[C@@H](O)[C@H]2O)c1=O)c1ccccc1. The van der Waals surface area contributed by atoms with Crippen LogP contribution in [-0.2, 0) is 47.4 Å². The molecule has 12 atom stereocenters. The number of carbonyl (C=O) groups is 1. The topological polar surface area (TPSA) is 350 Å². The molecule has 9 N–H and O–H groups in total. The third-order valence-electron chi connectivity index (χ3n) is 7.00. The molecule has 23 nitrogen and oxygen atoms in total. The summed E-state index contributed by atoms with van der Waals surface area (Å²) in [4.78, 5) is 67.6. The molecule has 49 heavy (non-hydrogen) atoms. The van der Waals surface area contributed by atoms with Crippen molar-refractivity contribution in [3.05, 3.63) is 69.0 Å². The Morgan fingerprint density at radius 1 is 0.776 bits per heavy atom. The fraction of sp³-hybridized carbons (Fsp3) is 0.522. The number of ketones is 1. The number of benzene rings is 1. The number of Topliss-reactive ketones (excluding diaryl/α,β-unsaturated/α-hetero) is 1. The van der Waals surface area contributed by atoms with Gasteiger partial charge in [0.15, 0.2) is 18.3 Å². The van der Waals surface area contributed by atoms with Crippen LogP contribution in [0.25, 0.3) is 0 Å². The molecule has 3 unspecified atom stereocenters. The zero-order valence-electron chi connectivity index (χ0n) is 24.5. The number of aromatic nitrogens is 2. The predicted molar refractivity (Wildman–Crippen MR) is 154 cm³/mol. The molecule has 4 rings (SSSR count). The lowest BCUT2D eigenvalue weighted by atomic mass is 10.00. The smallest absolute Gasteiger partial charge is 0.394 e. The number of aliphatic hydroxyl groups excluding tert-OH is 6. The highest BCUT2D eigenvalue weighted by Crippen LogP contribution is 2.68. The van der Waals surface area contributed by atoms with E-state index in [-0.39, 0.29) is 5.56 Å². The fourth-order valence-electron chi connectivity index (χ4n) is 4.60. The van der Waals surface area contributed by atoms with Crippen molar-refractivity contribution in [3.8, 4) is 0 Å². The van der Waals surface area contributed by atoms with Gasteiger partial charge in [-0.1, -0.05) is 30.3 Å². The Bertz CT molecular complexity index is 1750. The van der Waals surface area contributed by atoms with Gasteiger partial charge < -0.3 is 54.8 Å². The number of hydrogen-bond donors (Lipinski definition) is 9. The first-order valence-corrected chi connectivity index (χ1v) is 18.2. The Morgan fingerprint density at radius 2 is 1.39 bits per heavy atom. The Hall–Kier alpha value is -2.34. The van der Waals surface area contributed by atoms with Crippen LogP contribution in [0.3, 0.4) is 0 Å². The Kier molecular flexibility index (Phi) is 12.5. The molecule has 2 aliphatic heterocycles. The summed E-state index contributed by atoms with van der Waals surface area (Å²) in [7, 11) is -17.8. The molecule has 274 valence electrons. The molecular formula is C23H31N2O21P3. The molecule has 0 amide bonds. The molecule has 3 heterocycles. The maximum absolute atomic E-state index is 13.1. The highest BCUT2D eigenvalue weighted by Gasteiger charge is 2.50. The Morgan fingerprint density at radius 3 is 2.02 bits per heavy atom. The first-order valence-electron chi connectivity index (χ1n) is 13.7. The molecule has 2 aromatic rings. The van der Waals surface area contributed by atoms with E-state index in [9.17, 15) is 73.4 Å². The number of nitrogens with zero attached hydrogens (tertiary/aromatic N) is 2. The number of phosphoric ester groups is 2. The molecule has 0 spiro atoms. The van der Waals surface area contributed by atoms with E-state index in [4.69, 9.17) is 9.47 Å². The van der Waals surface area contributed by atoms with Crippen molar-refractivity contribution >= 4 is 29.3 Å². The van der Waals surface area contributed by atoms with Gasteiger partial charge in [0.25, 0.3) is 5.56 Å². The van der Waals surface area contributed by atoms with Gasteiger partial charge in [-0.05, 0) is 0 Å². The Balaban J connectivity index is 1.38. The van der Waals surface area contributed by atoms with Crippen molar-refractivity contribution in [1.82, 2.24) is 9.13 Å². The van der Waals surface area contributed by atoms with Crippen LogP contribution < -0.4 is 11.2 Å². The predicted octanol–water partition coefficient (Wildman–Crippen LogP) is -3.32. The Labute approximate surface area is 273 Å². The van der Waals surface area contributed by atoms with Gasteiger partial charge in [-0.2, -0.15) is 8.62 Å². The first kappa shape index (κ1) is 39.4. The van der Waals surface area contributed by atoms with Gasteiger partial charge in [0.1, 0.15) is 42.7 Å². The van der Waals surface area contributed by atoms with Gasteiger partial charge in [-0.25, -0.2) is 18.5 Å². The fourth-order valence-corrected chi connectivity index (χ4v) is 8.19. The molecule has 26 heteroatoms. The second-order valence-electron chi connectivity index (χ2n) is 10.4. The minimum atomic E-state index is -6.10. The number of phosphoric acid groups is 3. The van der Waals surface area contributed by atoms with Crippen LogP contribution in [0, 0.1) is 0 Å². The summed E-state index contributed by atoms with van der Waals surface area (Å²) in [5.74, 6) is -0.612. The van der Waals surface area contributed by atoms with Gasteiger partial charge in [-0.15, -0.1) is 0 Å². The normalized spacial score (nSPS) is 32.6. The lowest BCUT2D eigenvalue weighted by molar-refractivity contribution is -0.280. The number of hydrogen-bond acceptors (Lipinski definition) is 18. The highest BCUT2D eigenvalue weighted by atomic mass is 31.3.